The van der Waals surface area contributed by atoms with E-state index in [0.717, 1.165) is 0 Å². The highest BCUT2D eigenvalue weighted by Crippen LogP contribution is 2.06. The Bertz CT molecular complexity index is 254. The number of nitrogens with one attached hydrogen (secondary N) is 3. The molecule has 0 aromatic heterocycles. The zero-order valence-electron chi connectivity index (χ0n) is 9.87. The number of likely N-dealkylation sites (N-methyl/N-ethyl adjacent to an activating group) is 1. The summed E-state index contributed by atoms with van der Waals surface area (Å²) in [5, 5.41) is 8.36. The van der Waals surface area contributed by atoms with Gasteiger partial charge in [0.15, 0.2) is 0 Å². The van der Waals surface area contributed by atoms with Gasteiger partial charge in [0, 0.05) is 20.1 Å². The summed E-state index contributed by atoms with van der Waals surface area (Å²) in [4.78, 5) is 23.1. The molecule has 1 aliphatic rings. The maximum Gasteiger partial charge on any atom is 0.242 e. The van der Waals surface area contributed by atoms with E-state index in [4.69, 9.17) is 0 Å². The lowest BCUT2D eigenvalue weighted by Crippen LogP contribution is -2.56. The highest BCUT2D eigenvalue weighted by atomic mass is 35.5. The Morgan fingerprint density at radius 1 is 1.31 bits per heavy atom. The minimum absolute atomic E-state index is 0. The number of hydrogen-bond donors (Lipinski definition) is 3. The average Bonchev–Trinajstić information content (AvgIpc) is 2.09. The highest BCUT2D eigenvalue weighted by Gasteiger charge is 2.29. The van der Waals surface area contributed by atoms with Crippen LogP contribution in [0.15, 0.2) is 0 Å². The van der Waals surface area contributed by atoms with Gasteiger partial charge in [-0.05, 0) is 5.92 Å². The van der Waals surface area contributed by atoms with Gasteiger partial charge in [-0.1, -0.05) is 13.8 Å². The smallest absolute Gasteiger partial charge is 0.242 e. The molecule has 3 N–H and O–H groups in total. The number of hydrogen-bond acceptors (Lipinski definition) is 3. The third-order valence-electron chi connectivity index (χ3n) is 2.65. The maximum atomic E-state index is 11.6. The fourth-order valence-electron chi connectivity index (χ4n) is 1.44. The van der Waals surface area contributed by atoms with Crippen molar-refractivity contribution in [2.45, 2.75) is 19.9 Å². The molecule has 1 unspecified atom stereocenters. The first kappa shape index (κ1) is 15.2. The number of carbonyl (C=O) groups is 2. The Hall–Kier alpha value is -0.810. The molecule has 1 rings (SSSR count). The SMILES string of the molecule is CNC(=O)C(NC(=O)C1CNC1)C(C)C.Cl. The van der Waals surface area contributed by atoms with Crippen LogP contribution < -0.4 is 16.0 Å². The highest BCUT2D eigenvalue weighted by molar-refractivity contribution is 5.89. The van der Waals surface area contributed by atoms with Crippen LogP contribution in [-0.4, -0.2) is 38.0 Å². The molecule has 6 heteroatoms. The van der Waals surface area contributed by atoms with Crippen LogP contribution in [0.25, 0.3) is 0 Å². The van der Waals surface area contributed by atoms with Gasteiger partial charge in [-0.2, -0.15) is 0 Å². The standard InChI is InChI=1S/C10H19N3O2.ClH/c1-6(2)8(10(15)11-3)13-9(14)7-4-12-5-7;/h6-8,12H,4-5H2,1-3H3,(H,11,15)(H,13,14);1H. The minimum atomic E-state index is -0.428. The van der Waals surface area contributed by atoms with Crippen LogP contribution in [0.2, 0.25) is 0 Å². The molecular formula is C10H20ClN3O2. The second-order valence-electron chi connectivity index (χ2n) is 4.20. The third kappa shape index (κ3) is 3.64. The van der Waals surface area contributed by atoms with Gasteiger partial charge >= 0.3 is 0 Å². The van der Waals surface area contributed by atoms with Gasteiger partial charge in [-0.3, -0.25) is 9.59 Å². The maximum absolute atomic E-state index is 11.6. The molecular weight excluding hydrogens is 230 g/mol. The van der Waals surface area contributed by atoms with E-state index in [0.29, 0.717) is 13.1 Å². The van der Waals surface area contributed by atoms with E-state index >= 15 is 0 Å². The molecule has 1 aliphatic heterocycles. The number of carbonyl (C=O) groups excluding carboxylic acids is 2. The lowest BCUT2D eigenvalue weighted by Gasteiger charge is -2.29. The molecule has 0 aromatic carbocycles. The summed E-state index contributed by atoms with van der Waals surface area (Å²) in [6.07, 6.45) is 0. The second kappa shape index (κ2) is 6.70. The van der Waals surface area contributed by atoms with Crippen LogP contribution in [0.4, 0.5) is 0 Å². The second-order valence-corrected chi connectivity index (χ2v) is 4.20. The Labute approximate surface area is 102 Å². The van der Waals surface area contributed by atoms with Gasteiger partial charge < -0.3 is 16.0 Å². The van der Waals surface area contributed by atoms with E-state index in [-0.39, 0.29) is 36.1 Å². The first-order chi connectivity index (χ1) is 7.06. The summed E-state index contributed by atoms with van der Waals surface area (Å²) in [5.74, 6) is -0.0421. The summed E-state index contributed by atoms with van der Waals surface area (Å²) < 4.78 is 0. The van der Waals surface area contributed by atoms with Crippen molar-refractivity contribution in [2.75, 3.05) is 20.1 Å². The quantitative estimate of drug-likeness (QED) is 0.630. The van der Waals surface area contributed by atoms with Gasteiger partial charge in [0.05, 0.1) is 5.92 Å². The number of halogens is 1. The molecule has 0 radical (unpaired) electrons. The predicted molar refractivity (Wildman–Crippen MR) is 64.4 cm³/mol. The molecule has 1 heterocycles. The Morgan fingerprint density at radius 3 is 2.19 bits per heavy atom. The van der Waals surface area contributed by atoms with Crippen LogP contribution in [0.3, 0.4) is 0 Å². The molecule has 0 saturated carbocycles. The van der Waals surface area contributed by atoms with Crippen LogP contribution in [-0.2, 0) is 9.59 Å². The Balaban J connectivity index is 0.00000225. The van der Waals surface area contributed by atoms with Crippen molar-refractivity contribution in [2.24, 2.45) is 11.8 Å². The van der Waals surface area contributed by atoms with Crippen LogP contribution in [0.5, 0.6) is 0 Å². The van der Waals surface area contributed by atoms with Gasteiger partial charge in [0.25, 0.3) is 0 Å². The van der Waals surface area contributed by atoms with Crippen molar-refractivity contribution >= 4 is 24.2 Å². The van der Waals surface area contributed by atoms with E-state index in [1.807, 2.05) is 13.8 Å². The van der Waals surface area contributed by atoms with Crippen molar-refractivity contribution in [3.63, 3.8) is 0 Å². The fourth-order valence-corrected chi connectivity index (χ4v) is 1.44. The predicted octanol–water partition coefficient (Wildman–Crippen LogP) is -0.486. The summed E-state index contributed by atoms with van der Waals surface area (Å²) in [7, 11) is 1.58. The first-order valence-electron chi connectivity index (χ1n) is 5.29. The van der Waals surface area contributed by atoms with Crippen molar-refractivity contribution in [3.8, 4) is 0 Å². The molecule has 1 fully saturated rings. The van der Waals surface area contributed by atoms with Crippen LogP contribution >= 0.6 is 12.4 Å². The van der Waals surface area contributed by atoms with E-state index in [1.165, 1.54) is 0 Å². The first-order valence-corrected chi connectivity index (χ1v) is 5.29. The topological polar surface area (TPSA) is 70.2 Å². The molecule has 0 aromatic rings. The van der Waals surface area contributed by atoms with Gasteiger partial charge in [-0.15, -0.1) is 12.4 Å². The van der Waals surface area contributed by atoms with Crippen molar-refractivity contribution < 1.29 is 9.59 Å². The molecule has 0 aliphatic carbocycles. The lowest BCUT2D eigenvalue weighted by molar-refractivity contribution is -0.132. The molecule has 16 heavy (non-hydrogen) atoms. The van der Waals surface area contributed by atoms with Gasteiger partial charge in [0.1, 0.15) is 6.04 Å². The molecule has 0 spiro atoms. The molecule has 5 nitrogen and oxygen atoms in total. The zero-order chi connectivity index (χ0) is 11.4. The molecule has 1 saturated heterocycles. The lowest BCUT2D eigenvalue weighted by atomic mass is 9.99. The number of amides is 2. The molecule has 0 bridgehead atoms. The monoisotopic (exact) mass is 249 g/mol. The zero-order valence-corrected chi connectivity index (χ0v) is 10.7. The Kier molecular flexibility index (Phi) is 6.36. The van der Waals surface area contributed by atoms with Crippen molar-refractivity contribution in [3.05, 3.63) is 0 Å². The van der Waals surface area contributed by atoms with E-state index in [9.17, 15) is 9.59 Å². The van der Waals surface area contributed by atoms with Crippen molar-refractivity contribution in [1.29, 1.82) is 0 Å². The van der Waals surface area contributed by atoms with Gasteiger partial charge in [-0.25, -0.2) is 0 Å². The van der Waals surface area contributed by atoms with E-state index < -0.39 is 6.04 Å². The van der Waals surface area contributed by atoms with Crippen LogP contribution in [0.1, 0.15) is 13.8 Å². The summed E-state index contributed by atoms with van der Waals surface area (Å²) in [5.41, 5.74) is 0. The van der Waals surface area contributed by atoms with Gasteiger partial charge in [0.2, 0.25) is 11.8 Å². The molecule has 94 valence electrons. The third-order valence-corrected chi connectivity index (χ3v) is 2.65. The van der Waals surface area contributed by atoms with Crippen molar-refractivity contribution in [1.82, 2.24) is 16.0 Å². The number of rotatable bonds is 4. The van der Waals surface area contributed by atoms with E-state index in [1.54, 1.807) is 7.05 Å². The normalized spacial score (nSPS) is 17.0. The van der Waals surface area contributed by atoms with Crippen LogP contribution in [0, 0.1) is 11.8 Å². The Morgan fingerprint density at radius 2 is 1.88 bits per heavy atom. The molecule has 2 amide bonds. The van der Waals surface area contributed by atoms with E-state index in [2.05, 4.69) is 16.0 Å². The fraction of sp³-hybridized carbons (Fsp3) is 0.800. The largest absolute Gasteiger partial charge is 0.357 e. The summed E-state index contributed by atoms with van der Waals surface area (Å²) in [6.45, 7) is 5.26. The molecule has 1 atom stereocenters. The minimum Gasteiger partial charge on any atom is -0.357 e. The summed E-state index contributed by atoms with van der Waals surface area (Å²) >= 11 is 0. The summed E-state index contributed by atoms with van der Waals surface area (Å²) in [6, 6.07) is -0.428. The average molecular weight is 250 g/mol.